The smallest absolute Gasteiger partial charge is 0.345 e. The van der Waals surface area contributed by atoms with Crippen molar-refractivity contribution in [2.75, 3.05) is 18.9 Å². The van der Waals surface area contributed by atoms with Crippen molar-refractivity contribution in [2.45, 2.75) is 13.8 Å². The van der Waals surface area contributed by atoms with Gasteiger partial charge in [0, 0.05) is 5.56 Å². The lowest BCUT2D eigenvalue weighted by Gasteiger charge is -2.06. The Morgan fingerprint density at radius 3 is 2.22 bits per heavy atom. The van der Waals surface area contributed by atoms with E-state index in [9.17, 15) is 9.59 Å². The third-order valence-electron chi connectivity index (χ3n) is 2.02. The highest BCUT2D eigenvalue weighted by molar-refractivity contribution is 7.14. The lowest BCUT2D eigenvalue weighted by molar-refractivity contribution is -0.146. The molecular weight excluding hydrogens is 254 g/mol. The van der Waals surface area contributed by atoms with Gasteiger partial charge < -0.3 is 15.2 Å². The van der Waals surface area contributed by atoms with Crippen molar-refractivity contribution in [1.82, 2.24) is 0 Å². The van der Waals surface area contributed by atoms with E-state index in [0.717, 1.165) is 0 Å². The fraction of sp³-hybridized carbons (Fsp3) is 0.333. The van der Waals surface area contributed by atoms with E-state index < -0.39 is 11.9 Å². The summed E-state index contributed by atoms with van der Waals surface area (Å²) in [5, 5.41) is 2.30. The van der Waals surface area contributed by atoms with Gasteiger partial charge >= 0.3 is 11.9 Å². The van der Waals surface area contributed by atoms with Gasteiger partial charge in [0.1, 0.15) is 5.57 Å². The second-order valence-electron chi connectivity index (χ2n) is 3.24. The summed E-state index contributed by atoms with van der Waals surface area (Å²) in [5.41, 5.74) is 6.17. The van der Waals surface area contributed by atoms with Gasteiger partial charge in [-0.2, -0.15) is 0 Å². The molecule has 6 heteroatoms. The molecular formula is C12H15NO4S. The molecule has 0 fully saturated rings. The maximum atomic E-state index is 11.7. The number of esters is 2. The molecule has 1 aromatic heterocycles. The Labute approximate surface area is 109 Å². The van der Waals surface area contributed by atoms with Gasteiger partial charge in [0.2, 0.25) is 0 Å². The van der Waals surface area contributed by atoms with E-state index in [1.165, 1.54) is 17.4 Å². The van der Waals surface area contributed by atoms with Crippen molar-refractivity contribution in [3.05, 3.63) is 22.6 Å². The Morgan fingerprint density at radius 1 is 1.28 bits per heavy atom. The van der Waals surface area contributed by atoms with Crippen molar-refractivity contribution < 1.29 is 19.1 Å². The van der Waals surface area contributed by atoms with Gasteiger partial charge in [0.15, 0.2) is 0 Å². The minimum Gasteiger partial charge on any atom is -0.462 e. The van der Waals surface area contributed by atoms with E-state index in [-0.39, 0.29) is 18.8 Å². The highest BCUT2D eigenvalue weighted by Crippen LogP contribution is 2.22. The lowest BCUT2D eigenvalue weighted by atomic mass is 10.2. The molecule has 1 aromatic rings. The summed E-state index contributed by atoms with van der Waals surface area (Å²) in [7, 11) is 0. The number of nitrogens with two attached hydrogens (primary N) is 1. The molecule has 0 aliphatic carbocycles. The number of carbonyl (C=O) groups is 2. The summed E-state index contributed by atoms with van der Waals surface area (Å²) in [6, 6.07) is 1.72. The van der Waals surface area contributed by atoms with E-state index in [4.69, 9.17) is 15.2 Å². The Kier molecular flexibility index (Phi) is 5.38. The van der Waals surface area contributed by atoms with Gasteiger partial charge in [-0.15, -0.1) is 11.3 Å². The fourth-order valence-electron chi connectivity index (χ4n) is 1.22. The summed E-state index contributed by atoms with van der Waals surface area (Å²) in [6.45, 7) is 3.71. The largest absolute Gasteiger partial charge is 0.462 e. The normalized spacial score (nSPS) is 9.67. The average Bonchev–Trinajstić information content (AvgIpc) is 2.72. The Balaban J connectivity index is 3.04. The Bertz CT molecular complexity index is 444. The van der Waals surface area contributed by atoms with Crippen LogP contribution >= 0.6 is 11.3 Å². The molecule has 0 saturated heterocycles. The molecule has 2 N–H and O–H groups in total. The highest BCUT2D eigenvalue weighted by atomic mass is 32.1. The van der Waals surface area contributed by atoms with E-state index in [2.05, 4.69) is 0 Å². The number of thiophene rings is 1. The first-order valence-corrected chi connectivity index (χ1v) is 6.37. The zero-order chi connectivity index (χ0) is 13.5. The Morgan fingerprint density at radius 2 is 1.83 bits per heavy atom. The van der Waals surface area contributed by atoms with Gasteiger partial charge in [-0.05, 0) is 31.4 Å². The molecule has 1 rings (SSSR count). The van der Waals surface area contributed by atoms with Crippen LogP contribution in [0.2, 0.25) is 0 Å². The monoisotopic (exact) mass is 269 g/mol. The van der Waals surface area contributed by atoms with E-state index in [0.29, 0.717) is 10.6 Å². The third kappa shape index (κ3) is 3.59. The molecule has 1 heterocycles. The van der Waals surface area contributed by atoms with Crippen LogP contribution in [0.15, 0.2) is 17.0 Å². The SMILES string of the molecule is CCOC(=O)C(=Cc1ccsc1N)C(=O)OCC. The molecule has 0 spiro atoms. The highest BCUT2D eigenvalue weighted by Gasteiger charge is 2.21. The molecule has 0 amide bonds. The second-order valence-corrected chi connectivity index (χ2v) is 4.19. The molecule has 0 bridgehead atoms. The minimum absolute atomic E-state index is 0.149. The fourth-order valence-corrected chi connectivity index (χ4v) is 1.85. The summed E-state index contributed by atoms with van der Waals surface area (Å²) >= 11 is 1.33. The summed E-state index contributed by atoms with van der Waals surface area (Å²) in [4.78, 5) is 23.3. The molecule has 0 aliphatic heterocycles. The maximum absolute atomic E-state index is 11.7. The number of nitrogen functional groups attached to an aromatic ring is 1. The van der Waals surface area contributed by atoms with Crippen LogP contribution < -0.4 is 5.73 Å². The lowest BCUT2D eigenvalue weighted by Crippen LogP contribution is -2.18. The van der Waals surface area contributed by atoms with Gasteiger partial charge in [-0.25, -0.2) is 9.59 Å². The number of carbonyl (C=O) groups excluding carboxylic acids is 2. The molecule has 0 unspecified atom stereocenters. The zero-order valence-electron chi connectivity index (χ0n) is 10.3. The van der Waals surface area contributed by atoms with Gasteiger partial charge in [0.25, 0.3) is 0 Å². The predicted octanol–water partition coefficient (Wildman–Crippen LogP) is 1.84. The zero-order valence-corrected chi connectivity index (χ0v) is 11.1. The van der Waals surface area contributed by atoms with Crippen LogP contribution in [-0.2, 0) is 19.1 Å². The standard InChI is InChI=1S/C12H15NO4S/c1-3-16-11(14)9(12(15)17-4-2)7-8-5-6-18-10(8)13/h5-7H,3-4,13H2,1-2H3. The van der Waals surface area contributed by atoms with Crippen molar-refractivity contribution in [3.8, 4) is 0 Å². The molecule has 0 radical (unpaired) electrons. The third-order valence-corrected chi connectivity index (χ3v) is 2.78. The van der Waals surface area contributed by atoms with Crippen LogP contribution in [-0.4, -0.2) is 25.2 Å². The van der Waals surface area contributed by atoms with Crippen molar-refractivity contribution >= 4 is 34.4 Å². The van der Waals surface area contributed by atoms with Crippen molar-refractivity contribution in [2.24, 2.45) is 0 Å². The molecule has 18 heavy (non-hydrogen) atoms. The van der Waals surface area contributed by atoms with E-state index in [1.54, 1.807) is 25.3 Å². The quantitative estimate of drug-likeness (QED) is 0.382. The molecule has 0 aromatic carbocycles. The van der Waals surface area contributed by atoms with Crippen molar-refractivity contribution in [3.63, 3.8) is 0 Å². The molecule has 98 valence electrons. The van der Waals surface area contributed by atoms with Gasteiger partial charge in [-0.1, -0.05) is 0 Å². The number of anilines is 1. The minimum atomic E-state index is -0.707. The molecule has 0 aliphatic rings. The number of rotatable bonds is 5. The number of hydrogen-bond donors (Lipinski definition) is 1. The van der Waals surface area contributed by atoms with E-state index >= 15 is 0 Å². The van der Waals surface area contributed by atoms with Crippen molar-refractivity contribution in [1.29, 1.82) is 0 Å². The number of hydrogen-bond acceptors (Lipinski definition) is 6. The Hall–Kier alpha value is -1.82. The molecule has 5 nitrogen and oxygen atoms in total. The summed E-state index contributed by atoms with van der Waals surface area (Å²) in [5.74, 6) is -1.41. The van der Waals surface area contributed by atoms with Crippen LogP contribution in [0.25, 0.3) is 6.08 Å². The number of ether oxygens (including phenoxy) is 2. The topological polar surface area (TPSA) is 78.6 Å². The van der Waals surface area contributed by atoms with Gasteiger partial charge in [0.05, 0.1) is 18.2 Å². The first kappa shape index (κ1) is 14.2. The van der Waals surface area contributed by atoms with Gasteiger partial charge in [-0.3, -0.25) is 0 Å². The first-order valence-electron chi connectivity index (χ1n) is 5.49. The second kappa shape index (κ2) is 6.80. The van der Waals surface area contributed by atoms with Crippen LogP contribution in [0.1, 0.15) is 19.4 Å². The molecule has 0 saturated carbocycles. The molecule has 0 atom stereocenters. The average molecular weight is 269 g/mol. The van der Waals surface area contributed by atoms with Crippen LogP contribution in [0.3, 0.4) is 0 Å². The maximum Gasteiger partial charge on any atom is 0.345 e. The van der Waals surface area contributed by atoms with Crippen LogP contribution in [0.4, 0.5) is 5.00 Å². The van der Waals surface area contributed by atoms with E-state index in [1.807, 2.05) is 0 Å². The summed E-state index contributed by atoms with van der Waals surface area (Å²) < 4.78 is 9.63. The van der Waals surface area contributed by atoms with Crippen LogP contribution in [0, 0.1) is 0 Å². The van der Waals surface area contributed by atoms with Crippen LogP contribution in [0.5, 0.6) is 0 Å². The first-order chi connectivity index (χ1) is 8.60. The summed E-state index contributed by atoms with van der Waals surface area (Å²) in [6.07, 6.45) is 1.39. The predicted molar refractivity (Wildman–Crippen MR) is 70.0 cm³/mol.